The fourth-order valence-electron chi connectivity index (χ4n) is 3.47. The van der Waals surface area contributed by atoms with Crippen LogP contribution in [0.5, 0.6) is 5.75 Å². The van der Waals surface area contributed by atoms with E-state index in [0.717, 1.165) is 35.5 Å². The Hall–Kier alpha value is -1.45. The van der Waals surface area contributed by atoms with Crippen LogP contribution in [0, 0.1) is 13.8 Å². The lowest BCUT2D eigenvalue weighted by atomic mass is 10.1. The molecule has 0 bridgehead atoms. The van der Waals surface area contributed by atoms with Crippen molar-refractivity contribution in [2.45, 2.75) is 24.8 Å². The number of hydrogen-bond donors (Lipinski definition) is 1. The summed E-state index contributed by atoms with van der Waals surface area (Å²) in [4.78, 5) is 2.54. The molecule has 6 nitrogen and oxygen atoms in total. The number of benzene rings is 1. The van der Waals surface area contributed by atoms with Gasteiger partial charge in [-0.3, -0.25) is 4.90 Å². The van der Waals surface area contributed by atoms with Gasteiger partial charge in [-0.25, -0.2) is 13.1 Å². The van der Waals surface area contributed by atoms with Gasteiger partial charge in [0.05, 0.1) is 25.2 Å². The zero-order valence-corrected chi connectivity index (χ0v) is 17.5. The first kappa shape index (κ1) is 20.3. The fraction of sp³-hybridized carbons (Fsp3) is 0.474. The molecule has 1 aromatic carbocycles. The molecular weight excluding hydrogens is 384 g/mol. The van der Waals surface area contributed by atoms with E-state index >= 15 is 0 Å². The van der Waals surface area contributed by atoms with Crippen molar-refractivity contribution < 1.29 is 17.9 Å². The summed E-state index contributed by atoms with van der Waals surface area (Å²) in [5, 5.41) is 4.10. The van der Waals surface area contributed by atoms with Crippen molar-refractivity contribution in [3.63, 3.8) is 0 Å². The van der Waals surface area contributed by atoms with Crippen LogP contribution in [-0.4, -0.2) is 53.3 Å². The van der Waals surface area contributed by atoms with E-state index < -0.39 is 10.0 Å². The molecule has 0 spiro atoms. The average molecular weight is 411 g/mol. The standard InChI is InChI=1S/C19H26N2O4S2/c1-14-10-17(11-15(2)19(14)24-3)27(22,23)20-12-18(16-4-9-26-13-16)21-5-7-25-8-6-21/h4,9-11,13,18,20H,5-8,12H2,1-3H3. The minimum Gasteiger partial charge on any atom is -0.496 e. The molecule has 1 N–H and O–H groups in total. The predicted octanol–water partition coefficient (Wildman–Crippen LogP) is 2.73. The molecular formula is C19H26N2O4S2. The van der Waals surface area contributed by atoms with E-state index in [1.165, 1.54) is 0 Å². The molecule has 1 unspecified atom stereocenters. The van der Waals surface area contributed by atoms with E-state index in [9.17, 15) is 8.42 Å². The highest BCUT2D eigenvalue weighted by atomic mass is 32.2. The van der Waals surface area contributed by atoms with Gasteiger partial charge < -0.3 is 9.47 Å². The van der Waals surface area contributed by atoms with Crippen molar-refractivity contribution >= 4 is 21.4 Å². The fourth-order valence-corrected chi connectivity index (χ4v) is 5.39. The molecule has 0 aliphatic carbocycles. The summed E-state index contributed by atoms with van der Waals surface area (Å²) >= 11 is 1.62. The van der Waals surface area contributed by atoms with Gasteiger partial charge >= 0.3 is 0 Å². The maximum atomic E-state index is 12.9. The number of sulfonamides is 1. The van der Waals surface area contributed by atoms with Crippen LogP contribution in [0.1, 0.15) is 22.7 Å². The summed E-state index contributed by atoms with van der Waals surface area (Å²) in [6, 6.07) is 5.36. The molecule has 2 aromatic rings. The predicted molar refractivity (Wildman–Crippen MR) is 107 cm³/mol. The number of hydrogen-bond acceptors (Lipinski definition) is 6. The van der Waals surface area contributed by atoms with E-state index in [-0.39, 0.29) is 10.9 Å². The topological polar surface area (TPSA) is 67.9 Å². The summed E-state index contributed by atoms with van der Waals surface area (Å²) in [6.07, 6.45) is 0. The lowest BCUT2D eigenvalue weighted by Crippen LogP contribution is -2.43. The Morgan fingerprint density at radius 3 is 2.48 bits per heavy atom. The smallest absolute Gasteiger partial charge is 0.240 e. The Morgan fingerprint density at radius 1 is 1.26 bits per heavy atom. The molecule has 1 aliphatic rings. The third kappa shape index (κ3) is 4.70. The third-order valence-corrected chi connectivity index (χ3v) is 6.93. The molecule has 27 heavy (non-hydrogen) atoms. The van der Waals surface area contributed by atoms with Gasteiger partial charge in [0, 0.05) is 25.7 Å². The highest BCUT2D eigenvalue weighted by molar-refractivity contribution is 7.89. The minimum absolute atomic E-state index is 0.00429. The van der Waals surface area contributed by atoms with Crippen LogP contribution < -0.4 is 9.46 Å². The number of nitrogens with one attached hydrogen (secondary N) is 1. The number of morpholine rings is 1. The lowest BCUT2D eigenvalue weighted by Gasteiger charge is -2.34. The molecule has 1 fully saturated rings. The van der Waals surface area contributed by atoms with E-state index in [1.54, 1.807) is 30.6 Å². The zero-order chi connectivity index (χ0) is 19.4. The summed E-state index contributed by atoms with van der Waals surface area (Å²) in [6.45, 7) is 6.96. The molecule has 8 heteroatoms. The van der Waals surface area contributed by atoms with Crippen LogP contribution in [0.3, 0.4) is 0 Å². The zero-order valence-electron chi connectivity index (χ0n) is 15.9. The number of thiophene rings is 1. The van der Waals surface area contributed by atoms with Crippen molar-refractivity contribution in [2.24, 2.45) is 0 Å². The maximum absolute atomic E-state index is 12.9. The molecule has 2 heterocycles. The number of aryl methyl sites for hydroxylation is 2. The van der Waals surface area contributed by atoms with Gasteiger partial charge in [0.1, 0.15) is 5.75 Å². The molecule has 3 rings (SSSR count). The highest BCUT2D eigenvalue weighted by Gasteiger charge is 2.26. The van der Waals surface area contributed by atoms with Gasteiger partial charge in [-0.05, 0) is 59.5 Å². The SMILES string of the molecule is COc1c(C)cc(S(=O)(=O)NCC(c2ccsc2)N2CCOCC2)cc1C. The van der Waals surface area contributed by atoms with E-state index in [2.05, 4.69) is 21.1 Å². The van der Waals surface area contributed by atoms with Crippen LogP contribution >= 0.6 is 11.3 Å². The van der Waals surface area contributed by atoms with Crippen molar-refractivity contribution in [2.75, 3.05) is 40.0 Å². The summed E-state index contributed by atoms with van der Waals surface area (Å²) < 4.78 is 39.4. The molecule has 1 aromatic heterocycles. The second-order valence-electron chi connectivity index (χ2n) is 6.66. The first-order valence-electron chi connectivity index (χ1n) is 8.91. The first-order chi connectivity index (χ1) is 12.9. The average Bonchev–Trinajstić information content (AvgIpc) is 3.17. The van der Waals surface area contributed by atoms with Gasteiger partial charge in [0.25, 0.3) is 0 Å². The van der Waals surface area contributed by atoms with Crippen LogP contribution in [0.25, 0.3) is 0 Å². The van der Waals surface area contributed by atoms with E-state index in [0.29, 0.717) is 19.8 Å². The van der Waals surface area contributed by atoms with Crippen LogP contribution in [0.15, 0.2) is 33.9 Å². The minimum atomic E-state index is -3.62. The van der Waals surface area contributed by atoms with Gasteiger partial charge in [0.2, 0.25) is 10.0 Å². The van der Waals surface area contributed by atoms with Crippen molar-refractivity contribution in [1.29, 1.82) is 0 Å². The molecule has 0 saturated carbocycles. The van der Waals surface area contributed by atoms with Gasteiger partial charge in [-0.2, -0.15) is 11.3 Å². The Morgan fingerprint density at radius 2 is 1.93 bits per heavy atom. The normalized spacial score (nSPS) is 17.0. The Kier molecular flexibility index (Phi) is 6.54. The Bertz CT molecular complexity index is 837. The number of methoxy groups -OCH3 is 1. The largest absolute Gasteiger partial charge is 0.496 e. The quantitative estimate of drug-likeness (QED) is 0.760. The second-order valence-corrected chi connectivity index (χ2v) is 9.21. The van der Waals surface area contributed by atoms with Gasteiger partial charge in [0.15, 0.2) is 0 Å². The van der Waals surface area contributed by atoms with Gasteiger partial charge in [-0.15, -0.1) is 0 Å². The number of rotatable bonds is 7. The summed E-state index contributed by atoms with van der Waals surface area (Å²) in [7, 11) is -2.02. The summed E-state index contributed by atoms with van der Waals surface area (Å²) in [5.41, 5.74) is 2.74. The second kappa shape index (κ2) is 8.70. The molecule has 148 valence electrons. The van der Waals surface area contributed by atoms with Crippen molar-refractivity contribution in [1.82, 2.24) is 9.62 Å². The molecule has 0 radical (unpaired) electrons. The van der Waals surface area contributed by atoms with Crippen molar-refractivity contribution in [3.8, 4) is 5.75 Å². The van der Waals surface area contributed by atoms with Crippen LogP contribution in [0.4, 0.5) is 0 Å². The molecule has 0 amide bonds. The third-order valence-electron chi connectivity index (χ3n) is 4.83. The van der Waals surface area contributed by atoms with Crippen LogP contribution in [-0.2, 0) is 14.8 Å². The lowest BCUT2D eigenvalue weighted by molar-refractivity contribution is 0.0173. The Balaban J connectivity index is 1.80. The molecule has 1 atom stereocenters. The monoisotopic (exact) mass is 410 g/mol. The van der Waals surface area contributed by atoms with Crippen LogP contribution in [0.2, 0.25) is 0 Å². The number of nitrogens with zero attached hydrogens (tertiary/aromatic N) is 1. The Labute approximate surface area is 165 Å². The first-order valence-corrected chi connectivity index (χ1v) is 11.3. The molecule has 1 aliphatic heterocycles. The van der Waals surface area contributed by atoms with Gasteiger partial charge in [-0.1, -0.05) is 0 Å². The van der Waals surface area contributed by atoms with E-state index in [4.69, 9.17) is 9.47 Å². The summed E-state index contributed by atoms with van der Waals surface area (Å²) in [5.74, 6) is 0.721. The van der Waals surface area contributed by atoms with E-state index in [1.807, 2.05) is 19.2 Å². The number of ether oxygens (including phenoxy) is 2. The molecule has 1 saturated heterocycles. The maximum Gasteiger partial charge on any atom is 0.240 e. The van der Waals surface area contributed by atoms with Crippen molar-refractivity contribution in [3.05, 3.63) is 45.6 Å². The highest BCUT2D eigenvalue weighted by Crippen LogP contribution is 2.27.